The molecule has 178 valence electrons. The van der Waals surface area contributed by atoms with Gasteiger partial charge in [0.2, 0.25) is 15.9 Å². The summed E-state index contributed by atoms with van der Waals surface area (Å²) in [6.45, 7) is 2.69. The van der Waals surface area contributed by atoms with Crippen LogP contribution in [0.1, 0.15) is 36.8 Å². The molecule has 0 unspecified atom stereocenters. The van der Waals surface area contributed by atoms with Gasteiger partial charge < -0.3 is 10.1 Å². The summed E-state index contributed by atoms with van der Waals surface area (Å²) in [5, 5.41) is 3.77. The molecule has 0 radical (unpaired) electrons. The smallest absolute Gasteiger partial charge is 0.223 e. The first kappa shape index (κ1) is 24.2. The number of ether oxygens (including phenoxy) is 1. The molecular formula is C25H31ClN2O4S. The van der Waals surface area contributed by atoms with Crippen molar-refractivity contribution in [1.29, 1.82) is 0 Å². The van der Waals surface area contributed by atoms with E-state index in [1.165, 1.54) is 9.87 Å². The minimum absolute atomic E-state index is 0.0200. The monoisotopic (exact) mass is 490 g/mol. The van der Waals surface area contributed by atoms with Crippen LogP contribution >= 0.6 is 11.6 Å². The number of nitrogens with zero attached hydrogens (tertiary/aromatic N) is 1. The highest BCUT2D eigenvalue weighted by Gasteiger charge is 2.36. The Labute approximate surface area is 201 Å². The highest BCUT2D eigenvalue weighted by molar-refractivity contribution is 7.88. The van der Waals surface area contributed by atoms with Gasteiger partial charge in [0.1, 0.15) is 0 Å². The van der Waals surface area contributed by atoms with Gasteiger partial charge in [-0.15, -0.1) is 0 Å². The van der Waals surface area contributed by atoms with Crippen LogP contribution in [0.3, 0.4) is 0 Å². The lowest BCUT2D eigenvalue weighted by molar-refractivity contribution is -0.126. The zero-order valence-electron chi connectivity index (χ0n) is 18.7. The van der Waals surface area contributed by atoms with Gasteiger partial charge in [-0.3, -0.25) is 4.79 Å². The van der Waals surface area contributed by atoms with E-state index in [2.05, 4.69) is 17.4 Å². The SMILES string of the molecule is O=C(NCC1(c2ccccc2)CCOCC1)C1CCN(S(=O)(=O)Cc2ccc(Cl)cc2)CC1. The molecule has 2 fully saturated rings. The Hall–Kier alpha value is -1.93. The van der Waals surface area contributed by atoms with E-state index in [1.807, 2.05) is 18.2 Å². The van der Waals surface area contributed by atoms with Crippen LogP contribution in [0.15, 0.2) is 54.6 Å². The van der Waals surface area contributed by atoms with E-state index >= 15 is 0 Å². The number of benzene rings is 2. The summed E-state index contributed by atoms with van der Waals surface area (Å²) >= 11 is 5.89. The maximum Gasteiger partial charge on any atom is 0.223 e. The number of rotatable bonds is 7. The van der Waals surface area contributed by atoms with Crippen molar-refractivity contribution in [2.75, 3.05) is 32.8 Å². The number of amides is 1. The second-order valence-corrected chi connectivity index (χ2v) is 11.4. The van der Waals surface area contributed by atoms with Gasteiger partial charge in [-0.2, -0.15) is 0 Å². The molecule has 0 saturated carbocycles. The van der Waals surface area contributed by atoms with Crippen molar-refractivity contribution in [1.82, 2.24) is 9.62 Å². The Morgan fingerprint density at radius 3 is 2.30 bits per heavy atom. The number of carbonyl (C=O) groups excluding carboxylic acids is 1. The van der Waals surface area contributed by atoms with Crippen LogP contribution in [0.4, 0.5) is 0 Å². The molecule has 1 amide bonds. The van der Waals surface area contributed by atoms with E-state index in [0.29, 0.717) is 56.3 Å². The highest BCUT2D eigenvalue weighted by atomic mass is 35.5. The van der Waals surface area contributed by atoms with Crippen LogP contribution in [0.2, 0.25) is 5.02 Å². The lowest BCUT2D eigenvalue weighted by Gasteiger charge is -2.38. The summed E-state index contributed by atoms with van der Waals surface area (Å²) in [4.78, 5) is 13.0. The molecule has 6 nitrogen and oxygen atoms in total. The lowest BCUT2D eigenvalue weighted by Crippen LogP contribution is -2.48. The van der Waals surface area contributed by atoms with Crippen molar-refractivity contribution < 1.29 is 17.9 Å². The summed E-state index contributed by atoms with van der Waals surface area (Å²) in [5.74, 6) is -0.200. The molecule has 2 aromatic carbocycles. The molecule has 0 spiro atoms. The van der Waals surface area contributed by atoms with Crippen LogP contribution < -0.4 is 5.32 Å². The molecule has 0 bridgehead atoms. The number of halogens is 1. The van der Waals surface area contributed by atoms with Crippen molar-refractivity contribution in [3.05, 3.63) is 70.7 Å². The Morgan fingerprint density at radius 2 is 1.67 bits per heavy atom. The average Bonchev–Trinajstić information content (AvgIpc) is 2.85. The molecule has 8 heteroatoms. The van der Waals surface area contributed by atoms with Crippen molar-refractivity contribution in [3.8, 4) is 0 Å². The fraction of sp³-hybridized carbons (Fsp3) is 0.480. The third-order valence-corrected chi connectivity index (χ3v) is 9.02. The second-order valence-electron chi connectivity index (χ2n) is 9.03. The summed E-state index contributed by atoms with van der Waals surface area (Å²) in [6.07, 6.45) is 2.82. The Balaban J connectivity index is 1.32. The number of hydrogen-bond donors (Lipinski definition) is 1. The zero-order valence-corrected chi connectivity index (χ0v) is 20.3. The maximum absolute atomic E-state index is 13.0. The van der Waals surface area contributed by atoms with E-state index < -0.39 is 10.0 Å². The third kappa shape index (κ3) is 5.96. The molecular weight excluding hydrogens is 460 g/mol. The predicted molar refractivity (Wildman–Crippen MR) is 130 cm³/mol. The van der Waals surface area contributed by atoms with E-state index in [9.17, 15) is 13.2 Å². The zero-order chi connectivity index (χ0) is 23.3. The Kier molecular flexibility index (Phi) is 7.74. The fourth-order valence-electron chi connectivity index (χ4n) is 4.80. The summed E-state index contributed by atoms with van der Waals surface area (Å²) < 4.78 is 32.7. The minimum Gasteiger partial charge on any atom is -0.381 e. The number of sulfonamides is 1. The number of hydrogen-bond acceptors (Lipinski definition) is 4. The largest absolute Gasteiger partial charge is 0.381 e. The van der Waals surface area contributed by atoms with Gasteiger partial charge in [-0.1, -0.05) is 54.1 Å². The molecule has 33 heavy (non-hydrogen) atoms. The van der Waals surface area contributed by atoms with E-state index in [1.54, 1.807) is 24.3 Å². The number of carbonyl (C=O) groups is 1. The first-order chi connectivity index (χ1) is 15.9. The molecule has 0 aliphatic carbocycles. The molecule has 2 saturated heterocycles. The summed E-state index contributed by atoms with van der Waals surface area (Å²) in [7, 11) is -3.43. The van der Waals surface area contributed by atoms with E-state index in [-0.39, 0.29) is 23.0 Å². The first-order valence-electron chi connectivity index (χ1n) is 11.5. The van der Waals surface area contributed by atoms with Gasteiger partial charge in [0, 0.05) is 49.2 Å². The summed E-state index contributed by atoms with van der Waals surface area (Å²) in [5.41, 5.74) is 1.83. The van der Waals surface area contributed by atoms with Crippen LogP contribution in [0, 0.1) is 5.92 Å². The number of nitrogens with one attached hydrogen (secondary N) is 1. The molecule has 2 heterocycles. The van der Waals surface area contributed by atoms with Crippen molar-refractivity contribution in [3.63, 3.8) is 0 Å². The number of piperidine rings is 1. The average molecular weight is 491 g/mol. The van der Waals surface area contributed by atoms with Crippen LogP contribution in [0.25, 0.3) is 0 Å². The van der Waals surface area contributed by atoms with Gasteiger partial charge in [0.15, 0.2) is 0 Å². The van der Waals surface area contributed by atoms with Crippen molar-refractivity contribution >= 4 is 27.5 Å². The van der Waals surface area contributed by atoms with Gasteiger partial charge >= 0.3 is 0 Å². The van der Waals surface area contributed by atoms with Gasteiger partial charge in [0.25, 0.3) is 0 Å². The first-order valence-corrected chi connectivity index (χ1v) is 13.5. The molecule has 2 aliphatic heterocycles. The maximum atomic E-state index is 13.0. The molecule has 2 aliphatic rings. The van der Waals surface area contributed by atoms with Gasteiger partial charge in [-0.25, -0.2) is 12.7 Å². The quantitative estimate of drug-likeness (QED) is 0.641. The second kappa shape index (κ2) is 10.6. The lowest BCUT2D eigenvalue weighted by atomic mass is 9.74. The van der Waals surface area contributed by atoms with Gasteiger partial charge in [-0.05, 0) is 48.9 Å². The van der Waals surface area contributed by atoms with Crippen LogP contribution in [-0.4, -0.2) is 51.5 Å². The van der Waals surface area contributed by atoms with Crippen LogP contribution in [0.5, 0.6) is 0 Å². The van der Waals surface area contributed by atoms with Gasteiger partial charge in [0.05, 0.1) is 5.75 Å². The fourth-order valence-corrected chi connectivity index (χ4v) is 6.49. The molecule has 4 rings (SSSR count). The van der Waals surface area contributed by atoms with Crippen molar-refractivity contribution in [2.45, 2.75) is 36.9 Å². The highest BCUT2D eigenvalue weighted by Crippen LogP contribution is 2.34. The Bertz CT molecular complexity index is 1030. The predicted octanol–water partition coefficient (Wildman–Crippen LogP) is 3.75. The molecule has 0 atom stereocenters. The molecule has 1 N–H and O–H groups in total. The standard InChI is InChI=1S/C25H31ClN2O4S/c26-23-8-6-20(7-9-23)18-33(30,31)28-14-10-21(11-15-28)24(29)27-19-25(12-16-32-17-13-25)22-4-2-1-3-5-22/h1-9,21H,10-19H2,(H,27,29). The van der Waals surface area contributed by atoms with Crippen molar-refractivity contribution in [2.24, 2.45) is 5.92 Å². The minimum atomic E-state index is -3.43. The topological polar surface area (TPSA) is 75.7 Å². The molecule has 2 aromatic rings. The normalized spacial score (nSPS) is 19.8. The van der Waals surface area contributed by atoms with E-state index in [0.717, 1.165) is 12.8 Å². The molecule has 0 aromatic heterocycles. The third-order valence-electron chi connectivity index (χ3n) is 6.92. The van der Waals surface area contributed by atoms with Crippen LogP contribution in [-0.2, 0) is 30.7 Å². The van der Waals surface area contributed by atoms with E-state index in [4.69, 9.17) is 16.3 Å². The summed E-state index contributed by atoms with van der Waals surface area (Å²) in [6, 6.07) is 17.2. The Morgan fingerprint density at radius 1 is 1.03 bits per heavy atom.